The Morgan fingerprint density at radius 2 is 1.61 bits per heavy atom. The molecule has 10 heteroatoms. The third kappa shape index (κ3) is 5.83. The summed E-state index contributed by atoms with van der Waals surface area (Å²) in [6.07, 6.45) is -6.22. The van der Waals surface area contributed by atoms with Gasteiger partial charge >= 0.3 is 12.1 Å². The number of rotatable bonds is 10. The number of halogens is 2. The summed E-state index contributed by atoms with van der Waals surface area (Å²) in [7, 11) is 1.14. The van der Waals surface area contributed by atoms with E-state index in [9.17, 15) is 23.2 Å². The lowest BCUT2D eigenvalue weighted by Crippen LogP contribution is -2.50. The quantitative estimate of drug-likeness (QED) is 0.500. The molecule has 0 fully saturated rings. The van der Waals surface area contributed by atoms with Crippen LogP contribution in [0, 0.1) is 0 Å². The van der Waals surface area contributed by atoms with E-state index in [-0.39, 0.29) is 12.5 Å². The first-order chi connectivity index (χ1) is 15.8. The van der Waals surface area contributed by atoms with Gasteiger partial charge in [-0.25, -0.2) is 18.4 Å². The average molecular weight is 462 g/mol. The maximum atomic E-state index is 13.0. The van der Waals surface area contributed by atoms with Crippen LogP contribution in [-0.4, -0.2) is 61.9 Å². The Morgan fingerprint density at radius 1 is 1.03 bits per heavy atom. The molecule has 0 saturated carbocycles. The number of carboxylic acid groups (broad SMARTS) is 1. The number of carbonyl (C=O) groups is 3. The molecule has 1 aliphatic rings. The molecule has 0 bridgehead atoms. The molecule has 0 saturated heterocycles. The highest BCUT2D eigenvalue weighted by atomic mass is 19.3. The first-order valence-corrected chi connectivity index (χ1v) is 10.2. The monoisotopic (exact) mass is 462 g/mol. The third-order valence-electron chi connectivity index (χ3n) is 5.39. The normalized spacial score (nSPS) is 14.2. The predicted molar refractivity (Wildman–Crippen MR) is 114 cm³/mol. The van der Waals surface area contributed by atoms with Gasteiger partial charge in [0, 0.05) is 19.4 Å². The Morgan fingerprint density at radius 3 is 2.12 bits per heavy atom. The Hall–Kier alpha value is -3.53. The molecule has 3 rings (SSSR count). The van der Waals surface area contributed by atoms with Crippen LogP contribution in [0.5, 0.6) is 0 Å². The van der Waals surface area contributed by atoms with E-state index in [1.807, 2.05) is 48.5 Å². The number of carbonyl (C=O) groups excluding carboxylic acids is 2. The van der Waals surface area contributed by atoms with Gasteiger partial charge in [-0.2, -0.15) is 0 Å². The summed E-state index contributed by atoms with van der Waals surface area (Å²) < 4.78 is 35.9. The van der Waals surface area contributed by atoms with E-state index in [1.165, 1.54) is 0 Å². The van der Waals surface area contributed by atoms with Gasteiger partial charge in [-0.1, -0.05) is 48.5 Å². The molecular weight excluding hydrogens is 438 g/mol. The van der Waals surface area contributed by atoms with Crippen LogP contribution in [0.15, 0.2) is 48.5 Å². The highest BCUT2D eigenvalue weighted by molar-refractivity contribution is 5.86. The van der Waals surface area contributed by atoms with Gasteiger partial charge in [-0.3, -0.25) is 4.79 Å². The molecule has 3 N–H and O–H groups in total. The zero-order valence-corrected chi connectivity index (χ0v) is 17.8. The fourth-order valence-corrected chi connectivity index (χ4v) is 3.78. The number of ether oxygens (including phenoxy) is 2. The summed E-state index contributed by atoms with van der Waals surface area (Å²) in [6, 6.07) is 13.8. The second-order valence-corrected chi connectivity index (χ2v) is 7.46. The van der Waals surface area contributed by atoms with Crippen LogP contribution in [0.25, 0.3) is 11.1 Å². The summed E-state index contributed by atoms with van der Waals surface area (Å²) in [6.45, 7) is -0.496. The molecule has 0 heterocycles. The highest BCUT2D eigenvalue weighted by Crippen LogP contribution is 2.44. The predicted octanol–water partition coefficient (Wildman–Crippen LogP) is 2.76. The summed E-state index contributed by atoms with van der Waals surface area (Å²) in [5.41, 5.74) is 4.02. The van der Waals surface area contributed by atoms with E-state index in [0.29, 0.717) is 0 Å². The number of benzene rings is 2. The van der Waals surface area contributed by atoms with Gasteiger partial charge < -0.3 is 25.2 Å². The maximum Gasteiger partial charge on any atom is 0.407 e. The number of fused-ring (bicyclic) bond motifs is 3. The fraction of sp³-hybridized carbons (Fsp3) is 0.348. The number of alkyl carbamates (subject to hydrolysis) is 1. The first-order valence-electron chi connectivity index (χ1n) is 10.2. The second kappa shape index (κ2) is 10.9. The van der Waals surface area contributed by atoms with Gasteiger partial charge in [0.05, 0.1) is 6.54 Å². The molecular formula is C23H24F2N2O6. The molecule has 2 amide bonds. The van der Waals surface area contributed by atoms with Crippen LogP contribution < -0.4 is 10.6 Å². The number of amides is 2. The van der Waals surface area contributed by atoms with Crippen molar-refractivity contribution in [2.75, 3.05) is 20.3 Å². The zero-order chi connectivity index (χ0) is 24.0. The van der Waals surface area contributed by atoms with Crippen molar-refractivity contribution in [1.29, 1.82) is 0 Å². The Labute approximate surface area is 188 Å². The lowest BCUT2D eigenvalue weighted by atomic mass is 9.98. The van der Waals surface area contributed by atoms with Crippen molar-refractivity contribution < 1.29 is 37.7 Å². The van der Waals surface area contributed by atoms with Crippen molar-refractivity contribution in [2.45, 2.75) is 30.9 Å². The van der Waals surface area contributed by atoms with Gasteiger partial charge in [0.2, 0.25) is 12.3 Å². The minimum atomic E-state index is -2.88. The van der Waals surface area contributed by atoms with Gasteiger partial charge in [0.15, 0.2) is 6.10 Å². The first kappa shape index (κ1) is 24.1. The Kier molecular flexibility index (Phi) is 7.94. The van der Waals surface area contributed by atoms with Crippen molar-refractivity contribution in [1.82, 2.24) is 10.6 Å². The third-order valence-corrected chi connectivity index (χ3v) is 5.39. The van der Waals surface area contributed by atoms with Gasteiger partial charge in [0.1, 0.15) is 12.6 Å². The lowest BCUT2D eigenvalue weighted by Gasteiger charge is -2.20. The largest absolute Gasteiger partial charge is 0.479 e. The fourth-order valence-electron chi connectivity index (χ4n) is 3.78. The molecule has 2 aromatic carbocycles. The summed E-state index contributed by atoms with van der Waals surface area (Å²) in [4.78, 5) is 35.6. The molecule has 176 valence electrons. The van der Waals surface area contributed by atoms with E-state index in [2.05, 4.69) is 15.4 Å². The number of nitrogens with one attached hydrogen (secondary N) is 2. The SMILES string of the molecule is COC(CNC(=O)C(CC(F)F)NC(=O)OCC1c2ccccc2-c2ccccc21)C(=O)O. The van der Waals surface area contributed by atoms with E-state index in [4.69, 9.17) is 9.84 Å². The molecule has 0 spiro atoms. The lowest BCUT2D eigenvalue weighted by molar-refractivity contribution is -0.148. The minimum Gasteiger partial charge on any atom is -0.479 e. The second-order valence-electron chi connectivity index (χ2n) is 7.46. The molecule has 1 aliphatic carbocycles. The van der Waals surface area contributed by atoms with Crippen molar-refractivity contribution in [3.63, 3.8) is 0 Å². The van der Waals surface area contributed by atoms with E-state index in [0.717, 1.165) is 29.4 Å². The van der Waals surface area contributed by atoms with Crippen molar-refractivity contribution in [2.24, 2.45) is 0 Å². The smallest absolute Gasteiger partial charge is 0.407 e. The van der Waals surface area contributed by atoms with Crippen LogP contribution >= 0.6 is 0 Å². The molecule has 33 heavy (non-hydrogen) atoms. The number of alkyl halides is 2. The standard InChI is InChI=1S/C23H24F2N2O6/c1-32-19(22(29)30)11-26-21(28)18(10-20(24)25)27-23(31)33-12-17-15-8-4-2-6-13(15)14-7-3-5-9-16(14)17/h2-9,17-20H,10-12H2,1H3,(H,26,28)(H,27,31)(H,29,30). The van der Waals surface area contributed by atoms with Gasteiger partial charge in [-0.05, 0) is 22.3 Å². The topological polar surface area (TPSA) is 114 Å². The van der Waals surface area contributed by atoms with Crippen LogP contribution in [-0.2, 0) is 19.1 Å². The van der Waals surface area contributed by atoms with Gasteiger partial charge in [-0.15, -0.1) is 0 Å². The number of methoxy groups -OCH3 is 1. The highest BCUT2D eigenvalue weighted by Gasteiger charge is 2.31. The van der Waals surface area contributed by atoms with Gasteiger partial charge in [0.25, 0.3) is 0 Å². The van der Waals surface area contributed by atoms with Crippen LogP contribution in [0.1, 0.15) is 23.5 Å². The Bertz CT molecular complexity index is 970. The summed E-state index contributed by atoms with van der Waals surface area (Å²) >= 11 is 0. The van der Waals surface area contributed by atoms with E-state index in [1.54, 1.807) is 0 Å². The maximum absolute atomic E-state index is 13.0. The molecule has 8 nitrogen and oxygen atoms in total. The molecule has 0 aliphatic heterocycles. The van der Waals surface area contributed by atoms with Crippen molar-refractivity contribution in [3.05, 3.63) is 59.7 Å². The summed E-state index contributed by atoms with van der Waals surface area (Å²) in [5, 5.41) is 13.3. The zero-order valence-electron chi connectivity index (χ0n) is 17.8. The van der Waals surface area contributed by atoms with Crippen molar-refractivity contribution in [3.8, 4) is 11.1 Å². The molecule has 2 unspecified atom stereocenters. The molecule has 2 aromatic rings. The average Bonchev–Trinajstić information content (AvgIpc) is 3.11. The summed E-state index contributed by atoms with van der Waals surface area (Å²) in [5.74, 6) is -2.52. The van der Waals surface area contributed by atoms with Crippen molar-refractivity contribution >= 4 is 18.0 Å². The van der Waals surface area contributed by atoms with E-state index >= 15 is 0 Å². The van der Waals surface area contributed by atoms with Crippen LogP contribution in [0.4, 0.5) is 13.6 Å². The Balaban J connectivity index is 1.63. The van der Waals surface area contributed by atoms with Crippen LogP contribution in [0.3, 0.4) is 0 Å². The number of hydrogen-bond donors (Lipinski definition) is 3. The number of carboxylic acids is 1. The number of hydrogen-bond acceptors (Lipinski definition) is 5. The van der Waals surface area contributed by atoms with Crippen LogP contribution in [0.2, 0.25) is 0 Å². The number of aliphatic carboxylic acids is 1. The molecule has 0 aromatic heterocycles. The molecule has 2 atom stereocenters. The minimum absolute atomic E-state index is 0.0480. The molecule has 0 radical (unpaired) electrons. The van der Waals surface area contributed by atoms with E-state index < -0.39 is 49.5 Å².